The van der Waals surface area contributed by atoms with Crippen LogP contribution in [0.25, 0.3) is 11.0 Å². The van der Waals surface area contributed by atoms with Gasteiger partial charge in [-0.3, -0.25) is 0 Å². The van der Waals surface area contributed by atoms with E-state index in [2.05, 4.69) is 10.3 Å². The number of hydrogen-bond donors (Lipinski definition) is 1. The van der Waals surface area contributed by atoms with Crippen molar-refractivity contribution in [2.24, 2.45) is 0 Å². The molecule has 2 rings (SSSR count). The summed E-state index contributed by atoms with van der Waals surface area (Å²) in [5, 5.41) is 17.4. The first kappa shape index (κ1) is 9.92. The van der Waals surface area contributed by atoms with Crippen molar-refractivity contribution >= 4 is 11.0 Å². The van der Waals surface area contributed by atoms with Gasteiger partial charge in [0.2, 0.25) is 0 Å². The summed E-state index contributed by atoms with van der Waals surface area (Å²) in [7, 11) is 1.67. The fourth-order valence-corrected chi connectivity index (χ4v) is 1.50. The number of methoxy groups -OCH3 is 1. The summed E-state index contributed by atoms with van der Waals surface area (Å²) < 4.78 is 6.74. The molecule has 80 valence electrons. The third kappa shape index (κ3) is 1.92. The van der Waals surface area contributed by atoms with Crippen molar-refractivity contribution in [3.8, 4) is 5.75 Å². The highest BCUT2D eigenvalue weighted by atomic mass is 16.5. The standard InChI is InChI=1S/C10H13N3O2/c1-15-7-3-6-13-8-4-2-5-9(14)10(8)11-12-13/h2,4-5,14H,3,6-7H2,1H3. The van der Waals surface area contributed by atoms with E-state index in [0.29, 0.717) is 12.1 Å². The van der Waals surface area contributed by atoms with E-state index in [4.69, 9.17) is 4.74 Å². The van der Waals surface area contributed by atoms with Gasteiger partial charge in [0.15, 0.2) is 5.52 Å². The lowest BCUT2D eigenvalue weighted by Gasteiger charge is -2.01. The van der Waals surface area contributed by atoms with Crippen molar-refractivity contribution in [2.45, 2.75) is 13.0 Å². The molecule has 5 nitrogen and oxygen atoms in total. The molecule has 0 fully saturated rings. The van der Waals surface area contributed by atoms with E-state index in [0.717, 1.165) is 18.5 Å². The number of hydrogen-bond acceptors (Lipinski definition) is 4. The molecule has 0 spiro atoms. The molecule has 0 aliphatic carbocycles. The number of ether oxygens (including phenoxy) is 1. The third-order valence-electron chi connectivity index (χ3n) is 2.24. The van der Waals surface area contributed by atoms with Gasteiger partial charge in [0.1, 0.15) is 5.75 Å². The van der Waals surface area contributed by atoms with Crippen LogP contribution < -0.4 is 0 Å². The van der Waals surface area contributed by atoms with Crippen LogP contribution in [0.15, 0.2) is 18.2 Å². The number of aryl methyl sites for hydroxylation is 1. The summed E-state index contributed by atoms with van der Waals surface area (Å²) in [6.45, 7) is 1.44. The second kappa shape index (κ2) is 4.27. The van der Waals surface area contributed by atoms with E-state index in [1.165, 1.54) is 0 Å². The Kier molecular flexibility index (Phi) is 2.82. The number of nitrogens with zero attached hydrogens (tertiary/aromatic N) is 3. The van der Waals surface area contributed by atoms with Gasteiger partial charge in [0, 0.05) is 20.3 Å². The second-order valence-electron chi connectivity index (χ2n) is 3.30. The maximum absolute atomic E-state index is 9.52. The predicted molar refractivity (Wildman–Crippen MR) is 55.7 cm³/mol. The van der Waals surface area contributed by atoms with Crippen LogP contribution in [0.2, 0.25) is 0 Å². The van der Waals surface area contributed by atoms with Crippen molar-refractivity contribution < 1.29 is 9.84 Å². The molecule has 1 aromatic heterocycles. The van der Waals surface area contributed by atoms with Gasteiger partial charge in [0.25, 0.3) is 0 Å². The van der Waals surface area contributed by atoms with Gasteiger partial charge in [0.05, 0.1) is 5.52 Å². The number of fused-ring (bicyclic) bond motifs is 1. The van der Waals surface area contributed by atoms with Crippen molar-refractivity contribution in [1.29, 1.82) is 0 Å². The monoisotopic (exact) mass is 207 g/mol. The van der Waals surface area contributed by atoms with Crippen LogP contribution in [-0.2, 0) is 11.3 Å². The first-order valence-electron chi connectivity index (χ1n) is 4.83. The minimum atomic E-state index is 0.172. The Morgan fingerprint density at radius 1 is 1.47 bits per heavy atom. The lowest BCUT2D eigenvalue weighted by atomic mass is 10.3. The lowest BCUT2D eigenvalue weighted by molar-refractivity contribution is 0.189. The lowest BCUT2D eigenvalue weighted by Crippen LogP contribution is -2.03. The van der Waals surface area contributed by atoms with Gasteiger partial charge in [-0.2, -0.15) is 0 Å². The summed E-state index contributed by atoms with van der Waals surface area (Å²) >= 11 is 0. The quantitative estimate of drug-likeness (QED) is 0.764. The molecule has 1 heterocycles. The van der Waals surface area contributed by atoms with E-state index in [1.807, 2.05) is 6.07 Å². The van der Waals surface area contributed by atoms with E-state index in [1.54, 1.807) is 23.9 Å². The smallest absolute Gasteiger partial charge is 0.154 e. The zero-order chi connectivity index (χ0) is 10.7. The van der Waals surface area contributed by atoms with Gasteiger partial charge in [-0.1, -0.05) is 11.3 Å². The molecule has 0 amide bonds. The van der Waals surface area contributed by atoms with Crippen LogP contribution in [0.5, 0.6) is 5.75 Å². The molecule has 15 heavy (non-hydrogen) atoms. The SMILES string of the molecule is COCCCn1nnc2c(O)cccc21. The first-order valence-corrected chi connectivity index (χ1v) is 4.83. The number of aromatic nitrogens is 3. The summed E-state index contributed by atoms with van der Waals surface area (Å²) in [5.74, 6) is 0.172. The Labute approximate surface area is 87.3 Å². The maximum atomic E-state index is 9.52. The second-order valence-corrected chi connectivity index (χ2v) is 3.30. The molecule has 2 aromatic rings. The minimum Gasteiger partial charge on any atom is -0.506 e. The largest absolute Gasteiger partial charge is 0.506 e. The number of benzene rings is 1. The van der Waals surface area contributed by atoms with Crippen molar-refractivity contribution in [3.63, 3.8) is 0 Å². The van der Waals surface area contributed by atoms with E-state index < -0.39 is 0 Å². The van der Waals surface area contributed by atoms with Crippen molar-refractivity contribution in [1.82, 2.24) is 15.0 Å². The van der Waals surface area contributed by atoms with Crippen molar-refractivity contribution in [3.05, 3.63) is 18.2 Å². The molecular formula is C10H13N3O2. The fourth-order valence-electron chi connectivity index (χ4n) is 1.50. The third-order valence-corrected chi connectivity index (χ3v) is 2.24. The molecule has 1 aromatic carbocycles. The summed E-state index contributed by atoms with van der Waals surface area (Å²) in [4.78, 5) is 0. The average Bonchev–Trinajstić information content (AvgIpc) is 2.64. The molecule has 5 heteroatoms. The molecule has 0 bridgehead atoms. The van der Waals surface area contributed by atoms with Crippen LogP contribution in [0.3, 0.4) is 0 Å². The van der Waals surface area contributed by atoms with Gasteiger partial charge in [-0.25, -0.2) is 4.68 Å². The molecule has 1 N–H and O–H groups in total. The molecule has 0 atom stereocenters. The van der Waals surface area contributed by atoms with Crippen LogP contribution >= 0.6 is 0 Å². The summed E-state index contributed by atoms with van der Waals surface area (Å²) in [6.07, 6.45) is 0.880. The molecule has 0 saturated carbocycles. The summed E-state index contributed by atoms with van der Waals surface area (Å²) in [5.41, 5.74) is 1.40. The Morgan fingerprint density at radius 3 is 3.13 bits per heavy atom. The summed E-state index contributed by atoms with van der Waals surface area (Å²) in [6, 6.07) is 5.28. The Balaban J connectivity index is 2.25. The number of rotatable bonds is 4. The van der Waals surface area contributed by atoms with Crippen molar-refractivity contribution in [2.75, 3.05) is 13.7 Å². The maximum Gasteiger partial charge on any atom is 0.154 e. The van der Waals surface area contributed by atoms with E-state index in [9.17, 15) is 5.11 Å². The van der Waals surface area contributed by atoms with E-state index in [-0.39, 0.29) is 5.75 Å². The average molecular weight is 207 g/mol. The van der Waals surface area contributed by atoms with Crippen LogP contribution in [0.4, 0.5) is 0 Å². The van der Waals surface area contributed by atoms with Gasteiger partial charge in [-0.15, -0.1) is 5.10 Å². The molecule has 0 aliphatic heterocycles. The fraction of sp³-hybridized carbons (Fsp3) is 0.400. The highest BCUT2D eigenvalue weighted by Crippen LogP contribution is 2.21. The topological polar surface area (TPSA) is 60.2 Å². The molecular weight excluding hydrogens is 194 g/mol. The Morgan fingerprint density at radius 2 is 2.33 bits per heavy atom. The molecule has 0 unspecified atom stereocenters. The number of phenolic OH excluding ortho intramolecular Hbond substituents is 1. The Hall–Kier alpha value is -1.62. The zero-order valence-corrected chi connectivity index (χ0v) is 8.55. The van der Waals surface area contributed by atoms with Gasteiger partial charge in [-0.05, 0) is 18.6 Å². The molecule has 0 radical (unpaired) electrons. The molecule has 0 saturated heterocycles. The van der Waals surface area contributed by atoms with Gasteiger partial charge < -0.3 is 9.84 Å². The first-order chi connectivity index (χ1) is 7.33. The minimum absolute atomic E-state index is 0.172. The normalized spacial score (nSPS) is 11.0. The molecule has 0 aliphatic rings. The van der Waals surface area contributed by atoms with Crippen LogP contribution in [-0.4, -0.2) is 33.8 Å². The Bertz CT molecular complexity index is 453. The zero-order valence-electron chi connectivity index (χ0n) is 8.55. The van der Waals surface area contributed by atoms with Gasteiger partial charge >= 0.3 is 0 Å². The van der Waals surface area contributed by atoms with Crippen LogP contribution in [0, 0.1) is 0 Å². The predicted octanol–water partition coefficient (Wildman–Crippen LogP) is 1.17. The number of aromatic hydroxyl groups is 1. The highest BCUT2D eigenvalue weighted by molar-refractivity contribution is 5.80. The number of phenols is 1. The van der Waals surface area contributed by atoms with E-state index >= 15 is 0 Å². The highest BCUT2D eigenvalue weighted by Gasteiger charge is 2.06. The van der Waals surface area contributed by atoms with Crippen LogP contribution in [0.1, 0.15) is 6.42 Å².